The molecule has 2 aliphatic rings. The summed E-state index contributed by atoms with van der Waals surface area (Å²) in [7, 11) is 0. The highest BCUT2D eigenvalue weighted by Crippen LogP contribution is 2.00. The summed E-state index contributed by atoms with van der Waals surface area (Å²) in [4.78, 5) is 19.2. The van der Waals surface area contributed by atoms with E-state index in [0.29, 0.717) is 5.82 Å². The van der Waals surface area contributed by atoms with Crippen LogP contribution in [0.2, 0.25) is 0 Å². The average molecular weight is 171 g/mol. The Morgan fingerprint density at radius 1 is 1.38 bits per heavy atom. The third-order valence-corrected chi connectivity index (χ3v) is 2.01. The first kappa shape index (κ1) is 6.54. The van der Waals surface area contributed by atoms with Gasteiger partial charge in [0.1, 0.15) is 5.36 Å². The van der Waals surface area contributed by atoms with E-state index in [9.17, 15) is 4.79 Å². The molecular formula is C9H5N3O. The maximum Gasteiger partial charge on any atom is 0.272 e. The van der Waals surface area contributed by atoms with E-state index in [2.05, 4.69) is 15.3 Å². The summed E-state index contributed by atoms with van der Waals surface area (Å²) in [5.41, 5.74) is 0.712. The number of hydrogen-bond donors (Lipinski definition) is 1. The molecule has 1 aliphatic carbocycles. The fourth-order valence-corrected chi connectivity index (χ4v) is 1.36. The highest BCUT2D eigenvalue weighted by atomic mass is 16.1. The number of hydrogen-bond acceptors (Lipinski definition) is 4. The van der Waals surface area contributed by atoms with Crippen LogP contribution in [-0.4, -0.2) is 4.98 Å². The Morgan fingerprint density at radius 2 is 2.31 bits per heavy atom. The molecule has 0 fully saturated rings. The second-order valence-corrected chi connectivity index (χ2v) is 2.89. The fraction of sp³-hybridized carbons (Fsp3) is 0. The molecule has 1 aromatic rings. The lowest BCUT2D eigenvalue weighted by Crippen LogP contribution is -2.23. The van der Waals surface area contributed by atoms with Gasteiger partial charge in [0.15, 0.2) is 5.82 Å². The Balaban J connectivity index is 2.57. The molecule has 0 atom stereocenters. The maximum absolute atomic E-state index is 11.2. The molecule has 4 nitrogen and oxygen atoms in total. The summed E-state index contributed by atoms with van der Waals surface area (Å²) in [6.07, 6.45) is 5.23. The minimum Gasteiger partial charge on any atom is -0.343 e. The van der Waals surface area contributed by atoms with Crippen LogP contribution < -0.4 is 21.5 Å². The minimum atomic E-state index is -0.232. The lowest BCUT2D eigenvalue weighted by molar-refractivity contribution is 1.18. The molecule has 0 amide bonds. The van der Waals surface area contributed by atoms with Gasteiger partial charge < -0.3 is 5.32 Å². The Bertz CT molecular complexity index is 601. The first-order valence-corrected chi connectivity index (χ1v) is 3.91. The molecule has 1 aromatic heterocycles. The molecule has 0 bridgehead atoms. The lowest BCUT2D eigenvalue weighted by atomic mass is 10.4. The largest absolute Gasteiger partial charge is 0.343 e. The predicted octanol–water partition coefficient (Wildman–Crippen LogP) is -0.900. The number of anilines is 1. The molecule has 0 radical (unpaired) electrons. The van der Waals surface area contributed by atoms with E-state index in [1.807, 2.05) is 6.08 Å². The Hall–Kier alpha value is -1.97. The molecule has 0 aromatic carbocycles. The standard InChI is InChI=1S/C9H5N3O/c13-7-4-5-3-6(5)8-9(12-7)11-2-1-10-8/h1-4H,(H,11,12,13). The molecule has 13 heavy (non-hydrogen) atoms. The van der Waals surface area contributed by atoms with E-state index in [-0.39, 0.29) is 5.56 Å². The van der Waals surface area contributed by atoms with Crippen LogP contribution in [0.25, 0.3) is 6.08 Å². The first-order chi connectivity index (χ1) is 6.34. The van der Waals surface area contributed by atoms with Crippen LogP contribution >= 0.6 is 0 Å². The van der Waals surface area contributed by atoms with Gasteiger partial charge in [-0.15, -0.1) is 0 Å². The fourth-order valence-electron chi connectivity index (χ4n) is 1.36. The van der Waals surface area contributed by atoms with Crippen molar-refractivity contribution in [1.29, 1.82) is 0 Å². The van der Waals surface area contributed by atoms with Gasteiger partial charge in [-0.1, -0.05) is 0 Å². The molecule has 2 heterocycles. The van der Waals surface area contributed by atoms with E-state index in [4.69, 9.17) is 0 Å². The van der Waals surface area contributed by atoms with Crippen LogP contribution in [0, 0.1) is 0 Å². The zero-order chi connectivity index (χ0) is 8.84. The highest BCUT2D eigenvalue weighted by molar-refractivity contribution is 5.66. The topological polar surface area (TPSA) is 54.4 Å². The molecule has 1 N–H and O–H groups in total. The van der Waals surface area contributed by atoms with E-state index in [1.165, 1.54) is 6.07 Å². The van der Waals surface area contributed by atoms with Gasteiger partial charge in [-0.25, -0.2) is 0 Å². The second kappa shape index (κ2) is 2.04. The normalized spacial score (nSPS) is 14.5. The monoisotopic (exact) mass is 171 g/mol. The van der Waals surface area contributed by atoms with Gasteiger partial charge in [0.05, 0.1) is 0 Å². The Kier molecular flexibility index (Phi) is 1.02. The van der Waals surface area contributed by atoms with Gasteiger partial charge in [-0.05, 0) is 11.6 Å². The predicted molar refractivity (Wildman–Crippen MR) is 47.6 cm³/mol. The van der Waals surface area contributed by atoms with Crippen LogP contribution in [0.1, 0.15) is 5.56 Å². The Labute approximate surface area is 73.0 Å². The van der Waals surface area contributed by atoms with Crippen molar-refractivity contribution in [3.8, 4) is 0 Å². The van der Waals surface area contributed by atoms with Crippen molar-refractivity contribution in [1.82, 2.24) is 4.98 Å². The second-order valence-electron chi connectivity index (χ2n) is 2.89. The summed E-state index contributed by atoms with van der Waals surface area (Å²) in [6.45, 7) is 0. The van der Waals surface area contributed by atoms with Gasteiger partial charge in [-0.3, -0.25) is 9.79 Å². The van der Waals surface area contributed by atoms with E-state index in [1.54, 1.807) is 12.4 Å². The Morgan fingerprint density at radius 3 is 3.23 bits per heavy atom. The van der Waals surface area contributed by atoms with Crippen LogP contribution in [0.5, 0.6) is 0 Å². The molecule has 1 aliphatic heterocycles. The molecule has 0 spiro atoms. The van der Waals surface area contributed by atoms with Crippen LogP contribution in [-0.2, 0) is 0 Å². The number of fused-ring (bicyclic) bond motifs is 3. The third kappa shape index (κ3) is 0.885. The quantitative estimate of drug-likeness (QED) is 0.559. The molecule has 0 saturated carbocycles. The molecule has 0 unspecified atom stereocenters. The third-order valence-electron chi connectivity index (χ3n) is 2.01. The molecule has 4 heteroatoms. The van der Waals surface area contributed by atoms with Crippen molar-refractivity contribution in [3.05, 3.63) is 45.0 Å². The first-order valence-electron chi connectivity index (χ1n) is 3.91. The number of nitrogens with zero attached hydrogens (tertiary/aromatic N) is 2. The van der Waals surface area contributed by atoms with Crippen LogP contribution in [0.15, 0.2) is 28.3 Å². The van der Waals surface area contributed by atoms with Crippen molar-refractivity contribution in [2.45, 2.75) is 0 Å². The molecule has 3 rings (SSSR count). The van der Waals surface area contributed by atoms with Gasteiger partial charge in [-0.2, -0.15) is 4.98 Å². The molecule has 62 valence electrons. The van der Waals surface area contributed by atoms with Gasteiger partial charge in [0.25, 0.3) is 5.56 Å². The summed E-state index contributed by atoms with van der Waals surface area (Å²) in [5.74, 6) is 0.544. The molecular weight excluding hydrogens is 166 g/mol. The summed E-state index contributed by atoms with van der Waals surface area (Å²) < 4.78 is 0. The smallest absolute Gasteiger partial charge is 0.272 e. The van der Waals surface area contributed by atoms with E-state index in [0.717, 1.165) is 16.1 Å². The SMILES string of the molecule is O=c1cc2c(c3c(n1)NC=CN=3)=C2. The van der Waals surface area contributed by atoms with Crippen LogP contribution in [0.3, 0.4) is 0 Å². The van der Waals surface area contributed by atoms with Crippen molar-refractivity contribution >= 4 is 11.9 Å². The minimum absolute atomic E-state index is 0.232. The van der Waals surface area contributed by atoms with Crippen LogP contribution in [0.4, 0.5) is 5.82 Å². The van der Waals surface area contributed by atoms with E-state index >= 15 is 0 Å². The van der Waals surface area contributed by atoms with Crippen molar-refractivity contribution in [2.75, 3.05) is 5.32 Å². The van der Waals surface area contributed by atoms with Gasteiger partial charge in [0.2, 0.25) is 0 Å². The summed E-state index contributed by atoms with van der Waals surface area (Å²) in [5, 5.41) is 4.67. The van der Waals surface area contributed by atoms with Crippen molar-refractivity contribution in [2.24, 2.45) is 4.99 Å². The number of nitrogens with one attached hydrogen (secondary N) is 1. The zero-order valence-electron chi connectivity index (χ0n) is 6.61. The summed E-state index contributed by atoms with van der Waals surface area (Å²) in [6, 6.07) is 1.52. The van der Waals surface area contributed by atoms with Gasteiger partial charge >= 0.3 is 0 Å². The lowest BCUT2D eigenvalue weighted by Gasteiger charge is -1.98. The maximum atomic E-state index is 11.2. The van der Waals surface area contributed by atoms with Gasteiger partial charge in [0, 0.05) is 23.7 Å². The van der Waals surface area contributed by atoms with Crippen molar-refractivity contribution < 1.29 is 0 Å². The summed E-state index contributed by atoms with van der Waals surface area (Å²) >= 11 is 0. The highest BCUT2D eigenvalue weighted by Gasteiger charge is 2.11. The zero-order valence-corrected chi connectivity index (χ0v) is 6.61. The number of aromatic nitrogens is 1. The van der Waals surface area contributed by atoms with Crippen molar-refractivity contribution in [3.63, 3.8) is 0 Å². The van der Waals surface area contributed by atoms with E-state index < -0.39 is 0 Å². The molecule has 0 saturated heterocycles. The average Bonchev–Trinajstić information content (AvgIpc) is 2.83. The number of rotatable bonds is 0.